The van der Waals surface area contributed by atoms with Crippen LogP contribution in [0.15, 0.2) is 6.07 Å². The number of aromatic carboxylic acids is 1. The second-order valence-electron chi connectivity index (χ2n) is 4.51. The number of hydrogen-bond donors (Lipinski definition) is 2. The van der Waals surface area contributed by atoms with E-state index in [1.54, 1.807) is 11.0 Å². The maximum atomic E-state index is 11.9. The normalized spacial score (nSPS) is 14.5. The largest absolute Gasteiger partial charge is 0.478 e. The second-order valence-corrected chi connectivity index (χ2v) is 6.70. The van der Waals surface area contributed by atoms with Crippen LogP contribution in [0, 0.1) is 0 Å². The van der Waals surface area contributed by atoms with Gasteiger partial charge in [0.1, 0.15) is 5.00 Å². The molecule has 2 N–H and O–H groups in total. The Hall–Kier alpha value is -1.54. The number of nitrogens with zero attached hydrogens (tertiary/aromatic N) is 1. The van der Waals surface area contributed by atoms with E-state index in [-0.39, 0.29) is 23.1 Å². The number of thioether (sulfide) groups is 1. The smallest absolute Gasteiger partial charge is 0.338 e. The Kier molecular flexibility index (Phi) is 5.24. The van der Waals surface area contributed by atoms with Crippen LogP contribution in [0.3, 0.4) is 0 Å². The molecule has 2 heterocycles. The molecule has 1 aliphatic rings. The first-order valence-electron chi connectivity index (χ1n) is 6.58. The molecule has 1 aromatic rings. The van der Waals surface area contributed by atoms with Gasteiger partial charge >= 0.3 is 5.97 Å². The fourth-order valence-electron chi connectivity index (χ4n) is 1.92. The SMILES string of the molecule is CCc1cc(C(=O)O)c(NC(=O)CCN2CCSC2=O)s1. The van der Waals surface area contributed by atoms with E-state index in [0.717, 1.165) is 17.1 Å². The highest BCUT2D eigenvalue weighted by Gasteiger charge is 2.22. The van der Waals surface area contributed by atoms with Gasteiger partial charge in [-0.2, -0.15) is 0 Å². The van der Waals surface area contributed by atoms with Gasteiger partial charge < -0.3 is 15.3 Å². The summed E-state index contributed by atoms with van der Waals surface area (Å²) in [7, 11) is 0. The summed E-state index contributed by atoms with van der Waals surface area (Å²) in [6, 6.07) is 1.59. The van der Waals surface area contributed by atoms with Crippen LogP contribution in [0.2, 0.25) is 0 Å². The molecule has 1 saturated heterocycles. The molecule has 1 fully saturated rings. The van der Waals surface area contributed by atoms with Crippen molar-refractivity contribution >= 4 is 45.2 Å². The molecule has 0 atom stereocenters. The van der Waals surface area contributed by atoms with Gasteiger partial charge in [0.05, 0.1) is 5.56 Å². The van der Waals surface area contributed by atoms with E-state index in [1.165, 1.54) is 23.1 Å². The molecule has 0 unspecified atom stereocenters. The minimum absolute atomic E-state index is 0.00146. The minimum atomic E-state index is -1.05. The maximum Gasteiger partial charge on any atom is 0.338 e. The van der Waals surface area contributed by atoms with Gasteiger partial charge in [0, 0.05) is 30.1 Å². The number of hydrogen-bond acceptors (Lipinski definition) is 5. The first-order chi connectivity index (χ1) is 10.0. The van der Waals surface area contributed by atoms with Crippen molar-refractivity contribution in [3.8, 4) is 0 Å². The number of carbonyl (C=O) groups excluding carboxylic acids is 2. The molecule has 2 amide bonds. The van der Waals surface area contributed by atoms with Crippen molar-refractivity contribution in [1.29, 1.82) is 0 Å². The maximum absolute atomic E-state index is 11.9. The van der Waals surface area contributed by atoms with Gasteiger partial charge in [-0.25, -0.2) is 4.79 Å². The molecule has 1 aromatic heterocycles. The highest BCUT2D eigenvalue weighted by atomic mass is 32.2. The van der Waals surface area contributed by atoms with Gasteiger partial charge in [-0.3, -0.25) is 9.59 Å². The van der Waals surface area contributed by atoms with Gasteiger partial charge in [-0.15, -0.1) is 11.3 Å². The number of nitrogens with one attached hydrogen (secondary N) is 1. The Morgan fingerprint density at radius 2 is 2.24 bits per heavy atom. The zero-order valence-corrected chi connectivity index (χ0v) is 13.2. The number of carbonyl (C=O) groups is 3. The molecule has 0 aliphatic carbocycles. The fraction of sp³-hybridized carbons (Fsp3) is 0.462. The van der Waals surface area contributed by atoms with Crippen molar-refractivity contribution in [1.82, 2.24) is 4.90 Å². The number of aryl methyl sites for hydroxylation is 1. The summed E-state index contributed by atoms with van der Waals surface area (Å²) in [5, 5.41) is 12.1. The van der Waals surface area contributed by atoms with Crippen LogP contribution in [-0.4, -0.2) is 46.0 Å². The number of amides is 2. The number of carboxylic acid groups (broad SMARTS) is 1. The molecule has 2 rings (SSSR count). The van der Waals surface area contributed by atoms with Crippen LogP contribution in [0.5, 0.6) is 0 Å². The topological polar surface area (TPSA) is 86.7 Å². The summed E-state index contributed by atoms with van der Waals surface area (Å²) in [4.78, 5) is 37.0. The van der Waals surface area contributed by atoms with E-state index < -0.39 is 5.97 Å². The first-order valence-corrected chi connectivity index (χ1v) is 8.39. The third-order valence-electron chi connectivity index (χ3n) is 3.07. The van der Waals surface area contributed by atoms with Gasteiger partial charge in [-0.1, -0.05) is 18.7 Å². The van der Waals surface area contributed by atoms with Crippen LogP contribution < -0.4 is 5.32 Å². The minimum Gasteiger partial charge on any atom is -0.478 e. The third kappa shape index (κ3) is 3.98. The monoisotopic (exact) mass is 328 g/mol. The number of anilines is 1. The third-order valence-corrected chi connectivity index (χ3v) is 5.16. The molecular weight excluding hydrogens is 312 g/mol. The van der Waals surface area contributed by atoms with Crippen LogP contribution in [0.1, 0.15) is 28.6 Å². The average molecular weight is 328 g/mol. The average Bonchev–Trinajstić information content (AvgIpc) is 3.02. The van der Waals surface area contributed by atoms with Crippen LogP contribution >= 0.6 is 23.1 Å². The summed E-state index contributed by atoms with van der Waals surface area (Å²) in [5.74, 6) is -0.562. The van der Waals surface area contributed by atoms with Crippen molar-refractivity contribution < 1.29 is 19.5 Å². The summed E-state index contributed by atoms with van der Waals surface area (Å²) in [5.41, 5.74) is 0.123. The van der Waals surface area contributed by atoms with E-state index in [1.807, 2.05) is 6.92 Å². The Labute approximate surface area is 130 Å². The van der Waals surface area contributed by atoms with Crippen LogP contribution in [0.25, 0.3) is 0 Å². The highest BCUT2D eigenvalue weighted by Crippen LogP contribution is 2.28. The second kappa shape index (κ2) is 6.95. The van der Waals surface area contributed by atoms with E-state index in [2.05, 4.69) is 5.32 Å². The standard InChI is InChI=1S/C13H16N2O4S2/c1-2-8-7-9(12(17)18)11(21-8)14-10(16)3-4-15-5-6-20-13(15)19/h7H,2-6H2,1H3,(H,14,16)(H,17,18). The van der Waals surface area contributed by atoms with Crippen LogP contribution in [0.4, 0.5) is 9.80 Å². The molecule has 0 aromatic carbocycles. The molecular formula is C13H16N2O4S2. The molecule has 0 spiro atoms. The zero-order valence-electron chi connectivity index (χ0n) is 11.5. The van der Waals surface area contributed by atoms with E-state index >= 15 is 0 Å². The van der Waals surface area contributed by atoms with Gasteiger partial charge in [0.25, 0.3) is 5.24 Å². The Bertz CT molecular complexity index is 571. The quantitative estimate of drug-likeness (QED) is 0.838. The molecule has 0 radical (unpaired) electrons. The summed E-state index contributed by atoms with van der Waals surface area (Å²) in [6.45, 7) is 2.96. The Balaban J connectivity index is 1.94. The zero-order chi connectivity index (χ0) is 15.4. The number of carboxylic acids is 1. The summed E-state index contributed by atoms with van der Waals surface area (Å²) in [6.07, 6.45) is 0.894. The number of rotatable bonds is 6. The summed E-state index contributed by atoms with van der Waals surface area (Å²) >= 11 is 2.53. The van der Waals surface area contributed by atoms with E-state index in [9.17, 15) is 14.4 Å². The Morgan fingerprint density at radius 1 is 1.48 bits per heavy atom. The van der Waals surface area contributed by atoms with Crippen molar-refractivity contribution in [2.45, 2.75) is 19.8 Å². The van der Waals surface area contributed by atoms with Crippen molar-refractivity contribution in [3.63, 3.8) is 0 Å². The lowest BCUT2D eigenvalue weighted by molar-refractivity contribution is -0.116. The Morgan fingerprint density at radius 3 is 2.81 bits per heavy atom. The summed E-state index contributed by atoms with van der Waals surface area (Å²) < 4.78 is 0. The van der Waals surface area contributed by atoms with E-state index in [4.69, 9.17) is 5.11 Å². The molecule has 21 heavy (non-hydrogen) atoms. The van der Waals surface area contributed by atoms with E-state index in [0.29, 0.717) is 18.1 Å². The predicted molar refractivity (Wildman–Crippen MR) is 83.3 cm³/mol. The molecule has 6 nitrogen and oxygen atoms in total. The van der Waals surface area contributed by atoms with Crippen molar-refractivity contribution in [2.24, 2.45) is 0 Å². The predicted octanol–water partition coefficient (Wildman–Crippen LogP) is 2.51. The van der Waals surface area contributed by atoms with Crippen LogP contribution in [-0.2, 0) is 11.2 Å². The highest BCUT2D eigenvalue weighted by molar-refractivity contribution is 8.13. The molecule has 8 heteroatoms. The lowest BCUT2D eigenvalue weighted by Crippen LogP contribution is -2.27. The molecule has 114 valence electrons. The molecule has 0 saturated carbocycles. The lowest BCUT2D eigenvalue weighted by atomic mass is 10.2. The van der Waals surface area contributed by atoms with Gasteiger partial charge in [0.2, 0.25) is 5.91 Å². The number of thiophene rings is 1. The van der Waals surface area contributed by atoms with Gasteiger partial charge in [-0.05, 0) is 12.5 Å². The first kappa shape index (κ1) is 15.8. The fourth-order valence-corrected chi connectivity index (χ4v) is 3.78. The molecule has 1 aliphatic heterocycles. The lowest BCUT2D eigenvalue weighted by Gasteiger charge is -2.13. The van der Waals surface area contributed by atoms with Crippen molar-refractivity contribution in [2.75, 3.05) is 24.2 Å². The van der Waals surface area contributed by atoms with Crippen molar-refractivity contribution in [3.05, 3.63) is 16.5 Å². The van der Waals surface area contributed by atoms with Gasteiger partial charge in [0.15, 0.2) is 0 Å². The molecule has 0 bridgehead atoms.